The third-order valence-electron chi connectivity index (χ3n) is 3.54. The zero-order valence-corrected chi connectivity index (χ0v) is 11.3. The fraction of sp³-hybridized carbons (Fsp3) is 0.636. The maximum Gasteiger partial charge on any atom is 0.363 e. The Bertz CT molecular complexity index is 559. The van der Waals surface area contributed by atoms with E-state index in [1.54, 1.807) is 19.1 Å². The molecule has 1 aliphatic carbocycles. The lowest BCUT2D eigenvalue weighted by Gasteiger charge is -2.15. The Morgan fingerprint density at radius 1 is 1.30 bits per heavy atom. The second kappa shape index (κ2) is 5.21. The van der Waals surface area contributed by atoms with E-state index in [0.717, 1.165) is 0 Å². The number of halogens is 2. The van der Waals surface area contributed by atoms with Crippen molar-refractivity contribution in [1.29, 1.82) is 0 Å². The number of amides is 2. The van der Waals surface area contributed by atoms with Crippen LogP contribution in [0.2, 0.25) is 0 Å². The van der Waals surface area contributed by atoms with Crippen LogP contribution in [0, 0.1) is 17.8 Å². The van der Waals surface area contributed by atoms with Gasteiger partial charge in [-0.05, 0) is 25.7 Å². The van der Waals surface area contributed by atoms with Crippen molar-refractivity contribution in [2.75, 3.05) is 0 Å². The molecule has 1 saturated heterocycles. The van der Waals surface area contributed by atoms with E-state index in [1.165, 1.54) is 0 Å². The van der Waals surface area contributed by atoms with Gasteiger partial charge in [0, 0.05) is 0 Å². The van der Waals surface area contributed by atoms with E-state index >= 15 is 0 Å². The molecule has 0 aromatic rings. The van der Waals surface area contributed by atoms with Gasteiger partial charge in [-0.15, -0.1) is 9.35 Å². The molecule has 2 aliphatic rings. The molecule has 0 aromatic carbocycles. The minimum atomic E-state index is -5.28. The summed E-state index contributed by atoms with van der Waals surface area (Å²) in [5.74, 6) is -7.18. The summed E-state index contributed by atoms with van der Waals surface area (Å²) in [6.45, 7) is 1.75. The van der Waals surface area contributed by atoms with Crippen LogP contribution >= 0.6 is 0 Å². The fourth-order valence-corrected chi connectivity index (χ4v) is 3.15. The van der Waals surface area contributed by atoms with Gasteiger partial charge in [-0.1, -0.05) is 12.2 Å². The van der Waals surface area contributed by atoms with Crippen LogP contribution in [-0.2, 0) is 24.0 Å². The highest BCUT2D eigenvalue weighted by atomic mass is 32.2. The fourth-order valence-electron chi connectivity index (χ4n) is 2.73. The van der Waals surface area contributed by atoms with Crippen LogP contribution in [0.1, 0.15) is 19.8 Å². The summed E-state index contributed by atoms with van der Waals surface area (Å²) >= 11 is 0. The van der Waals surface area contributed by atoms with Crippen molar-refractivity contribution in [2.24, 2.45) is 17.8 Å². The maximum absolute atomic E-state index is 12.2. The predicted molar refractivity (Wildman–Crippen MR) is 62.4 cm³/mol. The first-order valence-corrected chi connectivity index (χ1v) is 7.49. The van der Waals surface area contributed by atoms with E-state index in [9.17, 15) is 26.8 Å². The molecule has 3 atom stereocenters. The Kier molecular flexibility index (Phi) is 3.92. The quantitative estimate of drug-likeness (QED) is 0.573. The monoisotopic (exact) mass is 309 g/mol. The van der Waals surface area contributed by atoms with Gasteiger partial charge in [0.2, 0.25) is 0 Å². The van der Waals surface area contributed by atoms with Crippen molar-refractivity contribution in [2.45, 2.75) is 25.5 Å². The number of hydroxylamine groups is 2. The van der Waals surface area contributed by atoms with E-state index in [-0.39, 0.29) is 11.0 Å². The molecule has 2 rings (SSSR count). The number of imide groups is 1. The van der Waals surface area contributed by atoms with Gasteiger partial charge in [0.15, 0.2) is 0 Å². The number of alkyl halides is 2. The summed E-state index contributed by atoms with van der Waals surface area (Å²) in [6, 6.07) is 0. The SMILES string of the molecule is C/C=C\C1CCC2C(=O)N(OS(=O)(=O)C(F)F)C(=O)C12. The topological polar surface area (TPSA) is 80.8 Å². The highest BCUT2D eigenvalue weighted by Crippen LogP contribution is 2.44. The lowest BCUT2D eigenvalue weighted by atomic mass is 9.91. The molecule has 1 saturated carbocycles. The summed E-state index contributed by atoms with van der Waals surface area (Å²) in [4.78, 5) is 23.9. The molecule has 0 radical (unpaired) electrons. The van der Waals surface area contributed by atoms with Crippen molar-refractivity contribution in [1.82, 2.24) is 5.06 Å². The van der Waals surface area contributed by atoms with Gasteiger partial charge in [0.25, 0.3) is 11.8 Å². The lowest BCUT2D eigenvalue weighted by molar-refractivity contribution is -0.166. The summed E-state index contributed by atoms with van der Waals surface area (Å²) in [6.07, 6.45) is 4.50. The standard InChI is InChI=1S/C11H13F2NO5S/c1-2-3-6-4-5-7-8(6)10(16)14(9(7)15)19-20(17,18)11(12)13/h2-3,6-8,11H,4-5H2,1H3/b3-2-. The highest BCUT2D eigenvalue weighted by Gasteiger charge is 2.56. The molecule has 112 valence electrons. The van der Waals surface area contributed by atoms with Crippen molar-refractivity contribution in [3.63, 3.8) is 0 Å². The second-order valence-corrected chi connectivity index (χ2v) is 6.19. The van der Waals surface area contributed by atoms with E-state index in [0.29, 0.717) is 12.8 Å². The van der Waals surface area contributed by atoms with Crippen LogP contribution in [0.15, 0.2) is 12.2 Å². The third kappa shape index (κ3) is 2.35. The van der Waals surface area contributed by atoms with Gasteiger partial charge in [-0.2, -0.15) is 17.2 Å². The minimum absolute atomic E-state index is 0.0213. The van der Waals surface area contributed by atoms with Crippen LogP contribution in [0.4, 0.5) is 8.78 Å². The molecule has 1 heterocycles. The number of rotatable bonds is 4. The summed E-state index contributed by atoms with van der Waals surface area (Å²) in [7, 11) is -5.28. The van der Waals surface area contributed by atoms with E-state index in [1.807, 2.05) is 0 Å². The number of carbonyl (C=O) groups excluding carboxylic acids is 2. The number of hydrogen-bond donors (Lipinski definition) is 0. The normalized spacial score (nSPS) is 30.8. The van der Waals surface area contributed by atoms with Crippen molar-refractivity contribution in [3.8, 4) is 0 Å². The smallest absolute Gasteiger partial charge is 0.272 e. The average Bonchev–Trinajstić information content (AvgIpc) is 2.86. The molecule has 20 heavy (non-hydrogen) atoms. The van der Waals surface area contributed by atoms with Crippen LogP contribution in [0.25, 0.3) is 0 Å². The zero-order valence-electron chi connectivity index (χ0n) is 10.5. The largest absolute Gasteiger partial charge is 0.363 e. The Labute approximate surface area is 114 Å². The molecular weight excluding hydrogens is 296 g/mol. The Hall–Kier alpha value is -1.35. The van der Waals surface area contributed by atoms with Crippen LogP contribution < -0.4 is 0 Å². The first-order valence-electron chi connectivity index (χ1n) is 6.01. The average molecular weight is 309 g/mol. The molecule has 6 nitrogen and oxygen atoms in total. The minimum Gasteiger partial charge on any atom is -0.272 e. The van der Waals surface area contributed by atoms with E-state index < -0.39 is 39.5 Å². The van der Waals surface area contributed by atoms with E-state index in [4.69, 9.17) is 0 Å². The molecule has 1 aliphatic heterocycles. The zero-order chi connectivity index (χ0) is 15.1. The molecule has 0 bridgehead atoms. The number of allylic oxidation sites excluding steroid dienone is 2. The Balaban J connectivity index is 2.23. The molecule has 0 N–H and O–H groups in total. The van der Waals surface area contributed by atoms with Crippen molar-refractivity contribution < 1.29 is 31.1 Å². The number of hydrogen-bond acceptors (Lipinski definition) is 5. The number of nitrogens with zero attached hydrogens (tertiary/aromatic N) is 1. The van der Waals surface area contributed by atoms with Crippen LogP contribution in [0.3, 0.4) is 0 Å². The van der Waals surface area contributed by atoms with Gasteiger partial charge in [0.1, 0.15) is 0 Å². The molecule has 9 heteroatoms. The van der Waals surface area contributed by atoms with Crippen LogP contribution in [-0.4, -0.2) is 31.1 Å². The summed E-state index contributed by atoms with van der Waals surface area (Å²) in [5.41, 5.74) is 0. The van der Waals surface area contributed by atoms with E-state index in [2.05, 4.69) is 4.28 Å². The first kappa shape index (κ1) is 15.0. The van der Waals surface area contributed by atoms with Gasteiger partial charge < -0.3 is 0 Å². The maximum atomic E-state index is 12.2. The number of fused-ring (bicyclic) bond motifs is 1. The Morgan fingerprint density at radius 3 is 2.50 bits per heavy atom. The Morgan fingerprint density at radius 2 is 1.95 bits per heavy atom. The van der Waals surface area contributed by atoms with Crippen molar-refractivity contribution >= 4 is 21.9 Å². The second-order valence-electron chi connectivity index (χ2n) is 4.70. The van der Waals surface area contributed by atoms with Gasteiger partial charge in [-0.3, -0.25) is 9.59 Å². The molecule has 3 unspecified atom stereocenters. The molecule has 0 spiro atoms. The van der Waals surface area contributed by atoms with Gasteiger partial charge >= 0.3 is 15.9 Å². The number of carbonyl (C=O) groups is 2. The predicted octanol–water partition coefficient (Wildman–Crippen LogP) is 1.06. The molecule has 2 amide bonds. The summed E-state index contributed by atoms with van der Waals surface area (Å²) < 4.78 is 50.4. The van der Waals surface area contributed by atoms with Crippen LogP contribution in [0.5, 0.6) is 0 Å². The molecular formula is C11H13F2NO5S. The highest BCUT2D eigenvalue weighted by molar-refractivity contribution is 7.87. The third-order valence-corrected chi connectivity index (χ3v) is 4.34. The first-order chi connectivity index (χ1) is 9.29. The van der Waals surface area contributed by atoms with Crippen molar-refractivity contribution in [3.05, 3.63) is 12.2 Å². The lowest BCUT2D eigenvalue weighted by Crippen LogP contribution is -2.36. The van der Waals surface area contributed by atoms with Gasteiger partial charge in [0.05, 0.1) is 11.8 Å². The summed E-state index contributed by atoms with van der Waals surface area (Å²) in [5, 5.41) is -0.0213. The van der Waals surface area contributed by atoms with Gasteiger partial charge in [-0.25, -0.2) is 0 Å². The molecule has 0 aromatic heterocycles. The molecule has 2 fully saturated rings.